The summed E-state index contributed by atoms with van der Waals surface area (Å²) in [6.45, 7) is 5.75. The molecule has 0 spiro atoms. The van der Waals surface area contributed by atoms with Gasteiger partial charge in [-0.25, -0.2) is 0 Å². The summed E-state index contributed by atoms with van der Waals surface area (Å²) in [7, 11) is 0. The maximum atomic E-state index is 12.0. The van der Waals surface area contributed by atoms with E-state index >= 15 is 0 Å². The summed E-state index contributed by atoms with van der Waals surface area (Å²) in [4.78, 5) is 12.0. The molecular weight excluding hydrogens is 260 g/mol. The lowest BCUT2D eigenvalue weighted by atomic mass is 10.1. The molecule has 0 saturated heterocycles. The molecule has 1 aliphatic rings. The van der Waals surface area contributed by atoms with Crippen molar-refractivity contribution in [2.75, 3.05) is 13.1 Å². The van der Waals surface area contributed by atoms with Crippen molar-refractivity contribution >= 4 is 17.5 Å². The summed E-state index contributed by atoms with van der Waals surface area (Å²) >= 11 is 5.97. The molecule has 3 atom stereocenters. The molecule has 1 fully saturated rings. The van der Waals surface area contributed by atoms with Crippen LogP contribution in [0.15, 0.2) is 24.3 Å². The third kappa shape index (κ3) is 3.95. The van der Waals surface area contributed by atoms with Crippen LogP contribution in [0.4, 0.5) is 0 Å². The number of rotatable bonds is 6. The highest BCUT2D eigenvalue weighted by molar-refractivity contribution is 6.30. The number of hydrogen-bond donors (Lipinski definition) is 2. The van der Waals surface area contributed by atoms with E-state index in [1.54, 1.807) is 0 Å². The summed E-state index contributed by atoms with van der Waals surface area (Å²) in [5, 5.41) is 7.03. The van der Waals surface area contributed by atoms with Crippen molar-refractivity contribution in [2.24, 2.45) is 5.92 Å². The number of likely N-dealkylation sites (N-methyl/N-ethyl adjacent to an activating group) is 1. The van der Waals surface area contributed by atoms with Crippen molar-refractivity contribution in [3.05, 3.63) is 34.9 Å². The second-order valence-corrected chi connectivity index (χ2v) is 5.64. The third-order valence-electron chi connectivity index (χ3n) is 3.54. The van der Waals surface area contributed by atoms with Crippen LogP contribution in [0, 0.1) is 5.92 Å². The number of benzene rings is 1. The van der Waals surface area contributed by atoms with Crippen molar-refractivity contribution in [1.29, 1.82) is 0 Å². The monoisotopic (exact) mass is 280 g/mol. The van der Waals surface area contributed by atoms with E-state index in [1.165, 1.54) is 5.56 Å². The summed E-state index contributed by atoms with van der Waals surface area (Å²) in [5.41, 5.74) is 1.17. The number of carbonyl (C=O) groups is 1. The van der Waals surface area contributed by atoms with E-state index in [2.05, 4.69) is 24.5 Å². The fourth-order valence-electron chi connectivity index (χ4n) is 2.40. The first-order chi connectivity index (χ1) is 9.11. The van der Waals surface area contributed by atoms with Gasteiger partial charge in [-0.1, -0.05) is 30.7 Å². The van der Waals surface area contributed by atoms with Gasteiger partial charge in [-0.15, -0.1) is 0 Å². The van der Waals surface area contributed by atoms with Gasteiger partial charge >= 0.3 is 0 Å². The zero-order chi connectivity index (χ0) is 13.8. The van der Waals surface area contributed by atoms with Gasteiger partial charge in [0.15, 0.2) is 0 Å². The van der Waals surface area contributed by atoms with E-state index in [0.29, 0.717) is 18.5 Å². The van der Waals surface area contributed by atoms with Crippen LogP contribution in [-0.4, -0.2) is 25.0 Å². The van der Waals surface area contributed by atoms with Crippen molar-refractivity contribution < 1.29 is 4.79 Å². The molecule has 0 radical (unpaired) electrons. The second kappa shape index (κ2) is 6.40. The van der Waals surface area contributed by atoms with Crippen LogP contribution >= 0.6 is 11.6 Å². The second-order valence-electron chi connectivity index (χ2n) is 5.21. The number of nitrogens with one attached hydrogen (secondary N) is 2. The van der Waals surface area contributed by atoms with E-state index in [-0.39, 0.29) is 11.8 Å². The first-order valence-corrected chi connectivity index (χ1v) is 7.26. The van der Waals surface area contributed by atoms with Gasteiger partial charge in [-0.3, -0.25) is 4.79 Å². The van der Waals surface area contributed by atoms with Crippen molar-refractivity contribution in [1.82, 2.24) is 10.6 Å². The van der Waals surface area contributed by atoms with Crippen LogP contribution in [-0.2, 0) is 4.79 Å². The molecule has 1 saturated carbocycles. The lowest BCUT2D eigenvalue weighted by Crippen LogP contribution is -2.39. The molecule has 4 heteroatoms. The van der Waals surface area contributed by atoms with Gasteiger partial charge in [0.25, 0.3) is 0 Å². The van der Waals surface area contributed by atoms with E-state index in [4.69, 9.17) is 11.6 Å². The SMILES string of the molecule is CCN[C@H](C)CNC(=O)C1CC1c1cccc(Cl)c1. The van der Waals surface area contributed by atoms with Crippen molar-refractivity contribution in [3.8, 4) is 0 Å². The van der Waals surface area contributed by atoms with E-state index in [0.717, 1.165) is 18.0 Å². The predicted octanol–water partition coefficient (Wildman–Crippen LogP) is 2.56. The van der Waals surface area contributed by atoms with Gasteiger partial charge in [0, 0.05) is 23.5 Å². The van der Waals surface area contributed by atoms with Crippen molar-refractivity contribution in [3.63, 3.8) is 0 Å². The van der Waals surface area contributed by atoms with Gasteiger partial charge in [-0.2, -0.15) is 0 Å². The number of carbonyl (C=O) groups excluding carboxylic acids is 1. The average molecular weight is 281 g/mol. The first-order valence-electron chi connectivity index (χ1n) is 6.88. The largest absolute Gasteiger partial charge is 0.354 e. The summed E-state index contributed by atoms with van der Waals surface area (Å²) in [5.74, 6) is 0.621. The minimum atomic E-state index is 0.118. The molecule has 3 nitrogen and oxygen atoms in total. The third-order valence-corrected chi connectivity index (χ3v) is 3.77. The Bertz CT molecular complexity index is 450. The van der Waals surface area contributed by atoms with E-state index in [1.807, 2.05) is 24.3 Å². The van der Waals surface area contributed by atoms with Gasteiger partial charge in [0.2, 0.25) is 5.91 Å². The number of hydrogen-bond acceptors (Lipinski definition) is 2. The fourth-order valence-corrected chi connectivity index (χ4v) is 2.59. The van der Waals surface area contributed by atoms with Gasteiger partial charge in [0.05, 0.1) is 0 Å². The maximum absolute atomic E-state index is 12.0. The van der Waals surface area contributed by atoms with Crippen molar-refractivity contribution in [2.45, 2.75) is 32.2 Å². The van der Waals surface area contributed by atoms with Crippen LogP contribution in [0.2, 0.25) is 5.02 Å². The van der Waals surface area contributed by atoms with Gasteiger partial charge < -0.3 is 10.6 Å². The molecule has 104 valence electrons. The topological polar surface area (TPSA) is 41.1 Å². The highest BCUT2D eigenvalue weighted by Gasteiger charge is 2.43. The van der Waals surface area contributed by atoms with Gasteiger partial charge in [-0.05, 0) is 43.5 Å². The lowest BCUT2D eigenvalue weighted by Gasteiger charge is -2.13. The Balaban J connectivity index is 1.80. The molecule has 1 aromatic rings. The quantitative estimate of drug-likeness (QED) is 0.841. The Hall–Kier alpha value is -1.06. The zero-order valence-electron chi connectivity index (χ0n) is 11.4. The van der Waals surface area contributed by atoms with E-state index < -0.39 is 0 Å². The Kier molecular flexibility index (Phi) is 4.83. The molecule has 1 aromatic carbocycles. The Morgan fingerprint density at radius 3 is 3.00 bits per heavy atom. The first kappa shape index (κ1) is 14.4. The predicted molar refractivity (Wildman–Crippen MR) is 78.4 cm³/mol. The Morgan fingerprint density at radius 1 is 1.53 bits per heavy atom. The average Bonchev–Trinajstić information content (AvgIpc) is 3.16. The Labute approximate surface area is 119 Å². The van der Waals surface area contributed by atoms with Crippen LogP contribution < -0.4 is 10.6 Å². The molecule has 1 amide bonds. The fraction of sp³-hybridized carbons (Fsp3) is 0.533. The molecule has 0 aliphatic heterocycles. The number of halogens is 1. The van der Waals surface area contributed by atoms with Crippen LogP contribution in [0.5, 0.6) is 0 Å². The normalized spacial score (nSPS) is 22.9. The standard InChI is InChI=1S/C15H21ClN2O/c1-3-17-10(2)9-18-15(19)14-8-13(14)11-5-4-6-12(16)7-11/h4-7,10,13-14,17H,3,8-9H2,1-2H3,(H,18,19)/t10-,13?,14?/m1/s1. The highest BCUT2D eigenvalue weighted by Crippen LogP contribution is 2.47. The zero-order valence-corrected chi connectivity index (χ0v) is 12.2. The number of amides is 1. The molecule has 2 N–H and O–H groups in total. The van der Waals surface area contributed by atoms with Gasteiger partial charge in [0.1, 0.15) is 0 Å². The summed E-state index contributed by atoms with van der Waals surface area (Å²) in [6.07, 6.45) is 0.932. The summed E-state index contributed by atoms with van der Waals surface area (Å²) < 4.78 is 0. The summed E-state index contributed by atoms with van der Waals surface area (Å²) in [6, 6.07) is 8.13. The minimum absolute atomic E-state index is 0.118. The molecule has 1 aliphatic carbocycles. The van der Waals surface area contributed by atoms with Crippen LogP contribution in [0.1, 0.15) is 31.7 Å². The lowest BCUT2D eigenvalue weighted by molar-refractivity contribution is -0.122. The maximum Gasteiger partial charge on any atom is 0.223 e. The Morgan fingerprint density at radius 2 is 2.32 bits per heavy atom. The van der Waals surface area contributed by atoms with E-state index in [9.17, 15) is 4.79 Å². The van der Waals surface area contributed by atoms with Crippen LogP contribution in [0.3, 0.4) is 0 Å². The highest BCUT2D eigenvalue weighted by atomic mass is 35.5. The molecule has 0 heterocycles. The smallest absolute Gasteiger partial charge is 0.223 e. The molecule has 0 aromatic heterocycles. The van der Waals surface area contributed by atoms with Crippen LogP contribution in [0.25, 0.3) is 0 Å². The minimum Gasteiger partial charge on any atom is -0.354 e. The molecule has 2 rings (SSSR count). The molecular formula is C15H21ClN2O. The molecule has 19 heavy (non-hydrogen) atoms. The molecule has 2 unspecified atom stereocenters. The molecule has 0 bridgehead atoms.